The second-order valence-corrected chi connectivity index (χ2v) is 9.19. The highest BCUT2D eigenvalue weighted by Gasteiger charge is 2.28. The minimum Gasteiger partial charge on any atom is -0.455 e. The van der Waals surface area contributed by atoms with E-state index in [1.807, 2.05) is 37.3 Å². The molecular weight excluding hydrogens is 502 g/mol. The van der Waals surface area contributed by atoms with Gasteiger partial charge in [0.15, 0.2) is 5.76 Å². The molecule has 5 rings (SSSR count). The van der Waals surface area contributed by atoms with Crippen LogP contribution in [0.25, 0.3) is 0 Å². The van der Waals surface area contributed by atoms with Crippen molar-refractivity contribution in [3.63, 3.8) is 0 Å². The number of aryl methyl sites for hydroxylation is 1. The number of rotatable bonds is 6. The fourth-order valence-corrected chi connectivity index (χ4v) is 4.32. The summed E-state index contributed by atoms with van der Waals surface area (Å²) in [6.45, 7) is 1.83. The molecule has 38 heavy (non-hydrogen) atoms. The number of furan rings is 1. The number of azo groups is 1. The summed E-state index contributed by atoms with van der Waals surface area (Å²) in [7, 11) is 0. The maximum absolute atomic E-state index is 13.1. The van der Waals surface area contributed by atoms with E-state index >= 15 is 0 Å². The van der Waals surface area contributed by atoms with E-state index < -0.39 is 0 Å². The van der Waals surface area contributed by atoms with Crippen molar-refractivity contribution in [3.05, 3.63) is 112 Å². The number of fused-ring (bicyclic) bond motifs is 1. The SMILES string of the molecule is Cc1c(C(=O)Nc2ccc(N=Nc3ccccc3)cc2)oc2c1C(=NNC(=O)c1ccc(Cl)cc1)CCC2. The van der Waals surface area contributed by atoms with Gasteiger partial charge in [-0.25, -0.2) is 5.43 Å². The summed E-state index contributed by atoms with van der Waals surface area (Å²) in [6, 6.07) is 23.1. The molecule has 9 heteroatoms. The number of anilines is 1. The van der Waals surface area contributed by atoms with Gasteiger partial charge in [0.2, 0.25) is 0 Å². The third kappa shape index (κ3) is 5.71. The lowest BCUT2D eigenvalue weighted by atomic mass is 9.93. The molecule has 8 nitrogen and oxygen atoms in total. The number of nitrogens with one attached hydrogen (secondary N) is 2. The average Bonchev–Trinajstić information content (AvgIpc) is 3.29. The molecule has 0 spiro atoms. The second kappa shape index (κ2) is 11.2. The second-order valence-electron chi connectivity index (χ2n) is 8.75. The van der Waals surface area contributed by atoms with Gasteiger partial charge in [0, 0.05) is 33.8 Å². The lowest BCUT2D eigenvalue weighted by molar-refractivity contribution is 0.0953. The molecule has 190 valence electrons. The molecule has 3 aromatic carbocycles. The summed E-state index contributed by atoms with van der Waals surface area (Å²) in [5.41, 5.74) is 7.23. The Kier molecular flexibility index (Phi) is 7.42. The van der Waals surface area contributed by atoms with E-state index in [-0.39, 0.29) is 17.6 Å². The van der Waals surface area contributed by atoms with Gasteiger partial charge in [-0.15, -0.1) is 0 Å². The maximum atomic E-state index is 13.1. The fraction of sp³-hybridized carbons (Fsp3) is 0.138. The van der Waals surface area contributed by atoms with Crippen LogP contribution < -0.4 is 10.7 Å². The standard InChI is InChI=1S/C29H24ClN5O3/c1-18-26-24(34-35-28(36)19-10-12-20(30)13-11-19)8-5-9-25(26)38-27(18)29(37)31-21-14-16-23(17-15-21)33-32-22-6-3-2-4-7-22/h2-4,6-7,10-17H,5,8-9H2,1H3,(H,31,37)(H,35,36). The largest absolute Gasteiger partial charge is 0.455 e. The number of halogens is 1. The molecule has 2 amide bonds. The molecule has 1 aliphatic carbocycles. The van der Waals surface area contributed by atoms with E-state index in [9.17, 15) is 9.59 Å². The van der Waals surface area contributed by atoms with E-state index in [1.165, 1.54) is 0 Å². The third-order valence-corrected chi connectivity index (χ3v) is 6.35. The highest BCUT2D eigenvalue weighted by molar-refractivity contribution is 6.30. The molecule has 1 aliphatic rings. The van der Waals surface area contributed by atoms with E-state index in [2.05, 4.69) is 26.1 Å². The van der Waals surface area contributed by atoms with Crippen LogP contribution in [0.3, 0.4) is 0 Å². The quantitative estimate of drug-likeness (QED) is 0.202. The zero-order chi connectivity index (χ0) is 26.5. The van der Waals surface area contributed by atoms with E-state index in [0.717, 1.165) is 17.7 Å². The topological polar surface area (TPSA) is 108 Å². The molecule has 0 atom stereocenters. The molecular formula is C29H24ClN5O3. The molecule has 0 aliphatic heterocycles. The summed E-state index contributed by atoms with van der Waals surface area (Å²) in [4.78, 5) is 25.6. The zero-order valence-corrected chi connectivity index (χ0v) is 21.3. The van der Waals surface area contributed by atoms with Crippen molar-refractivity contribution in [2.45, 2.75) is 26.2 Å². The molecule has 0 radical (unpaired) electrons. The summed E-state index contributed by atoms with van der Waals surface area (Å²) < 4.78 is 5.96. The first kappa shape index (κ1) is 25.1. The molecule has 4 aromatic rings. The Morgan fingerprint density at radius 1 is 0.842 bits per heavy atom. The molecule has 2 N–H and O–H groups in total. The Morgan fingerprint density at radius 2 is 1.53 bits per heavy atom. The minimum atomic E-state index is -0.361. The predicted octanol–water partition coefficient (Wildman–Crippen LogP) is 7.38. The molecule has 0 unspecified atom stereocenters. The van der Waals surface area contributed by atoms with Gasteiger partial charge in [-0.3, -0.25) is 9.59 Å². The molecule has 1 aromatic heterocycles. The number of benzene rings is 3. The van der Waals surface area contributed by atoms with Crippen molar-refractivity contribution < 1.29 is 14.0 Å². The highest BCUT2D eigenvalue weighted by Crippen LogP contribution is 2.30. The number of nitrogens with zero attached hydrogens (tertiary/aromatic N) is 3. The van der Waals surface area contributed by atoms with Gasteiger partial charge in [-0.2, -0.15) is 15.3 Å². The zero-order valence-electron chi connectivity index (χ0n) is 20.6. The molecule has 1 heterocycles. The first-order valence-electron chi connectivity index (χ1n) is 12.1. The van der Waals surface area contributed by atoms with Crippen LogP contribution in [-0.4, -0.2) is 17.5 Å². The Morgan fingerprint density at radius 3 is 2.24 bits per heavy atom. The molecule has 0 bridgehead atoms. The van der Waals surface area contributed by atoms with Gasteiger partial charge in [-0.1, -0.05) is 29.8 Å². The van der Waals surface area contributed by atoms with Crippen LogP contribution >= 0.6 is 11.6 Å². The average molecular weight is 526 g/mol. The van der Waals surface area contributed by atoms with Crippen LogP contribution in [0.15, 0.2) is 98.6 Å². The van der Waals surface area contributed by atoms with E-state index in [1.54, 1.807) is 48.5 Å². The summed E-state index contributed by atoms with van der Waals surface area (Å²) in [5, 5.41) is 16.2. The van der Waals surface area contributed by atoms with Crippen molar-refractivity contribution in [1.82, 2.24) is 5.43 Å². The van der Waals surface area contributed by atoms with Crippen molar-refractivity contribution in [1.29, 1.82) is 0 Å². The maximum Gasteiger partial charge on any atom is 0.291 e. The highest BCUT2D eigenvalue weighted by atomic mass is 35.5. The predicted molar refractivity (Wildman–Crippen MR) is 147 cm³/mol. The summed E-state index contributed by atoms with van der Waals surface area (Å²) in [6.07, 6.45) is 2.15. The summed E-state index contributed by atoms with van der Waals surface area (Å²) in [5.74, 6) is 0.212. The number of hydrogen-bond acceptors (Lipinski definition) is 6. The number of amides is 2. The lowest BCUT2D eigenvalue weighted by Crippen LogP contribution is -2.22. The van der Waals surface area contributed by atoms with Gasteiger partial charge in [0.1, 0.15) is 5.76 Å². The van der Waals surface area contributed by atoms with Gasteiger partial charge < -0.3 is 9.73 Å². The molecule has 0 saturated heterocycles. The van der Waals surface area contributed by atoms with Crippen LogP contribution in [0.1, 0.15) is 50.6 Å². The Hall–Kier alpha value is -4.56. The monoisotopic (exact) mass is 525 g/mol. The minimum absolute atomic E-state index is 0.224. The normalized spacial score (nSPS) is 13.9. The van der Waals surface area contributed by atoms with Crippen molar-refractivity contribution >= 4 is 46.2 Å². The van der Waals surface area contributed by atoms with Gasteiger partial charge in [-0.05, 0) is 80.4 Å². The molecule has 0 fully saturated rings. The third-order valence-electron chi connectivity index (χ3n) is 6.09. The van der Waals surface area contributed by atoms with Crippen molar-refractivity contribution in [2.75, 3.05) is 5.32 Å². The van der Waals surface area contributed by atoms with Crippen LogP contribution in [-0.2, 0) is 6.42 Å². The lowest BCUT2D eigenvalue weighted by Gasteiger charge is -2.13. The van der Waals surface area contributed by atoms with Crippen LogP contribution in [0.4, 0.5) is 17.1 Å². The van der Waals surface area contributed by atoms with Crippen molar-refractivity contribution in [3.8, 4) is 0 Å². The van der Waals surface area contributed by atoms with E-state index in [0.29, 0.717) is 51.8 Å². The van der Waals surface area contributed by atoms with Crippen molar-refractivity contribution in [2.24, 2.45) is 15.3 Å². The summed E-state index contributed by atoms with van der Waals surface area (Å²) >= 11 is 5.90. The Labute approximate surface area is 224 Å². The smallest absolute Gasteiger partial charge is 0.291 e. The fourth-order valence-electron chi connectivity index (χ4n) is 4.19. The number of hydrogen-bond donors (Lipinski definition) is 2. The Bertz CT molecular complexity index is 1530. The van der Waals surface area contributed by atoms with Crippen LogP contribution in [0.5, 0.6) is 0 Å². The number of hydrazone groups is 1. The Balaban J connectivity index is 1.28. The van der Waals surface area contributed by atoms with Crippen LogP contribution in [0.2, 0.25) is 5.02 Å². The van der Waals surface area contributed by atoms with E-state index in [4.69, 9.17) is 16.0 Å². The van der Waals surface area contributed by atoms with Gasteiger partial charge in [0.05, 0.1) is 17.1 Å². The first-order valence-corrected chi connectivity index (χ1v) is 12.5. The number of carbonyl (C=O) groups is 2. The molecule has 0 saturated carbocycles. The van der Waals surface area contributed by atoms with Gasteiger partial charge >= 0.3 is 0 Å². The number of carbonyl (C=O) groups excluding carboxylic acids is 2. The first-order chi connectivity index (χ1) is 18.5. The van der Waals surface area contributed by atoms with Gasteiger partial charge in [0.25, 0.3) is 11.8 Å². The van der Waals surface area contributed by atoms with Crippen LogP contribution in [0, 0.1) is 6.92 Å².